The third-order valence-electron chi connectivity index (χ3n) is 3.58. The van der Waals surface area contributed by atoms with Gasteiger partial charge in [0.15, 0.2) is 0 Å². The summed E-state index contributed by atoms with van der Waals surface area (Å²) >= 11 is 0. The molecule has 1 aromatic rings. The first-order valence-corrected chi connectivity index (χ1v) is 5.68. The van der Waals surface area contributed by atoms with Gasteiger partial charge in [-0.05, 0) is 17.9 Å². The van der Waals surface area contributed by atoms with Gasteiger partial charge in [-0.25, -0.2) is 0 Å². The van der Waals surface area contributed by atoms with Gasteiger partial charge in [0.25, 0.3) is 5.91 Å². The summed E-state index contributed by atoms with van der Waals surface area (Å²) in [5, 5.41) is 0. The second kappa shape index (κ2) is 3.94. The van der Waals surface area contributed by atoms with Crippen LogP contribution in [0.15, 0.2) is 18.5 Å². The smallest absolute Gasteiger partial charge is 0.255 e. The molecule has 0 bridgehead atoms. The molecule has 1 aliphatic heterocycles. The lowest BCUT2D eigenvalue weighted by Gasteiger charge is -2.42. The molecule has 4 nitrogen and oxygen atoms in total. The summed E-state index contributed by atoms with van der Waals surface area (Å²) < 4.78 is 0. The Kier molecular flexibility index (Phi) is 2.76. The Balaban J connectivity index is 2.06. The number of hydrogen-bond donors (Lipinski definition) is 2. The van der Waals surface area contributed by atoms with Crippen LogP contribution in [0.1, 0.15) is 30.6 Å². The molecular formula is C12H19N3O. The third kappa shape index (κ3) is 1.97. The summed E-state index contributed by atoms with van der Waals surface area (Å²) in [6, 6.07) is 1.86. The van der Waals surface area contributed by atoms with E-state index in [1.54, 1.807) is 18.5 Å². The van der Waals surface area contributed by atoms with Crippen LogP contribution in [0.25, 0.3) is 0 Å². The van der Waals surface area contributed by atoms with Crippen molar-refractivity contribution in [2.24, 2.45) is 11.1 Å². The van der Waals surface area contributed by atoms with E-state index >= 15 is 0 Å². The van der Waals surface area contributed by atoms with Crippen LogP contribution in [0.5, 0.6) is 0 Å². The molecule has 2 heterocycles. The second-order valence-corrected chi connectivity index (χ2v) is 5.20. The van der Waals surface area contributed by atoms with Gasteiger partial charge >= 0.3 is 0 Å². The van der Waals surface area contributed by atoms with Crippen LogP contribution in [0.2, 0.25) is 0 Å². The number of aromatic nitrogens is 1. The Morgan fingerprint density at radius 2 is 2.38 bits per heavy atom. The van der Waals surface area contributed by atoms with Gasteiger partial charge in [0.05, 0.1) is 5.56 Å². The number of nitrogens with two attached hydrogens (primary N) is 1. The number of hydrogen-bond acceptors (Lipinski definition) is 2. The number of aromatic amines is 1. The van der Waals surface area contributed by atoms with Crippen molar-refractivity contribution in [1.82, 2.24) is 9.88 Å². The van der Waals surface area contributed by atoms with E-state index in [-0.39, 0.29) is 17.4 Å². The molecule has 88 valence electrons. The number of carbonyl (C=O) groups excluding carboxylic acids is 1. The first-order chi connectivity index (χ1) is 7.50. The molecule has 1 aliphatic rings. The fraction of sp³-hybridized carbons (Fsp3) is 0.583. The number of amides is 1. The highest BCUT2D eigenvalue weighted by Gasteiger charge is 2.34. The van der Waals surface area contributed by atoms with Gasteiger partial charge in [-0.15, -0.1) is 0 Å². The largest absolute Gasteiger partial charge is 0.367 e. The van der Waals surface area contributed by atoms with E-state index < -0.39 is 0 Å². The van der Waals surface area contributed by atoms with Gasteiger partial charge in [0.1, 0.15) is 0 Å². The highest BCUT2D eigenvalue weighted by atomic mass is 16.2. The second-order valence-electron chi connectivity index (χ2n) is 5.20. The molecule has 16 heavy (non-hydrogen) atoms. The zero-order chi connectivity index (χ0) is 11.8. The Morgan fingerprint density at radius 1 is 1.62 bits per heavy atom. The highest BCUT2D eigenvalue weighted by molar-refractivity contribution is 5.94. The van der Waals surface area contributed by atoms with E-state index in [2.05, 4.69) is 18.8 Å². The molecule has 4 heteroatoms. The molecule has 1 aromatic heterocycles. The monoisotopic (exact) mass is 221 g/mol. The van der Waals surface area contributed by atoms with Gasteiger partial charge < -0.3 is 15.6 Å². The first-order valence-electron chi connectivity index (χ1n) is 5.68. The number of likely N-dealkylation sites (tertiary alicyclic amines) is 1. The fourth-order valence-electron chi connectivity index (χ4n) is 2.01. The average Bonchev–Trinajstić information content (AvgIpc) is 2.74. The Bertz CT molecular complexity index is 370. The van der Waals surface area contributed by atoms with Crippen LogP contribution in [0.3, 0.4) is 0 Å². The van der Waals surface area contributed by atoms with Crippen LogP contribution in [-0.4, -0.2) is 34.9 Å². The Labute approximate surface area is 95.8 Å². The molecule has 1 fully saturated rings. The highest BCUT2D eigenvalue weighted by Crippen LogP contribution is 2.29. The molecule has 0 radical (unpaired) electrons. The molecule has 1 unspecified atom stereocenters. The molecule has 2 rings (SSSR count). The minimum absolute atomic E-state index is 0.0594. The normalized spacial score (nSPS) is 24.4. The van der Waals surface area contributed by atoms with Gasteiger partial charge in [0, 0.05) is 31.5 Å². The Hall–Kier alpha value is -1.29. The van der Waals surface area contributed by atoms with E-state index in [9.17, 15) is 4.79 Å². The summed E-state index contributed by atoms with van der Waals surface area (Å²) in [5.74, 6) is 0.0761. The van der Waals surface area contributed by atoms with E-state index in [1.807, 2.05) is 4.90 Å². The predicted molar refractivity (Wildman–Crippen MR) is 63.1 cm³/mol. The lowest BCUT2D eigenvalue weighted by atomic mass is 9.78. The first kappa shape index (κ1) is 11.2. The van der Waals surface area contributed by atoms with E-state index in [1.165, 1.54) is 0 Å². The van der Waals surface area contributed by atoms with Crippen molar-refractivity contribution >= 4 is 5.91 Å². The van der Waals surface area contributed by atoms with Crippen molar-refractivity contribution in [1.29, 1.82) is 0 Å². The number of nitrogens with one attached hydrogen (secondary N) is 1. The summed E-state index contributed by atoms with van der Waals surface area (Å²) in [5.41, 5.74) is 6.94. The topological polar surface area (TPSA) is 62.1 Å². The minimum atomic E-state index is 0.0594. The van der Waals surface area contributed by atoms with Crippen LogP contribution >= 0.6 is 0 Å². The summed E-state index contributed by atoms with van der Waals surface area (Å²) in [7, 11) is 0. The van der Waals surface area contributed by atoms with Crippen LogP contribution in [0, 0.1) is 5.41 Å². The molecular weight excluding hydrogens is 202 g/mol. The number of nitrogens with zero attached hydrogens (tertiary/aromatic N) is 1. The maximum atomic E-state index is 12.1. The third-order valence-corrected chi connectivity index (χ3v) is 3.58. The molecule has 1 saturated heterocycles. The predicted octanol–water partition coefficient (Wildman–Crippen LogP) is 1.21. The van der Waals surface area contributed by atoms with Crippen molar-refractivity contribution in [3.8, 4) is 0 Å². The van der Waals surface area contributed by atoms with Gasteiger partial charge in [0.2, 0.25) is 0 Å². The standard InChI is InChI=1S/C12H19N3O/c1-12(2)4-6-15(8-10(12)13)11(16)9-3-5-14-7-9/h3,5,7,10,14H,4,6,8,13H2,1-2H3. The summed E-state index contributed by atoms with van der Waals surface area (Å²) in [6.07, 6.45) is 4.46. The zero-order valence-electron chi connectivity index (χ0n) is 9.86. The maximum absolute atomic E-state index is 12.1. The van der Waals surface area contributed by atoms with Crippen LogP contribution < -0.4 is 5.73 Å². The molecule has 1 atom stereocenters. The van der Waals surface area contributed by atoms with Crippen molar-refractivity contribution in [3.63, 3.8) is 0 Å². The van der Waals surface area contributed by atoms with E-state index in [0.717, 1.165) is 13.0 Å². The molecule has 0 aliphatic carbocycles. The number of H-pyrrole nitrogens is 1. The van der Waals surface area contributed by atoms with Crippen LogP contribution in [0.4, 0.5) is 0 Å². The van der Waals surface area contributed by atoms with Crippen LogP contribution in [-0.2, 0) is 0 Å². The Morgan fingerprint density at radius 3 is 2.94 bits per heavy atom. The van der Waals surface area contributed by atoms with Crippen molar-refractivity contribution in [2.75, 3.05) is 13.1 Å². The van der Waals surface area contributed by atoms with E-state index in [0.29, 0.717) is 12.1 Å². The van der Waals surface area contributed by atoms with Crippen molar-refractivity contribution in [3.05, 3.63) is 24.0 Å². The maximum Gasteiger partial charge on any atom is 0.255 e. The molecule has 0 aromatic carbocycles. The van der Waals surface area contributed by atoms with Crippen molar-refractivity contribution < 1.29 is 4.79 Å². The van der Waals surface area contributed by atoms with Crippen molar-refractivity contribution in [2.45, 2.75) is 26.3 Å². The zero-order valence-corrected chi connectivity index (χ0v) is 9.86. The SMILES string of the molecule is CC1(C)CCN(C(=O)c2cc[nH]c2)CC1N. The summed E-state index contributed by atoms with van der Waals surface area (Å²) in [4.78, 5) is 16.8. The summed E-state index contributed by atoms with van der Waals surface area (Å²) in [6.45, 7) is 5.77. The van der Waals surface area contributed by atoms with Gasteiger partial charge in [-0.3, -0.25) is 4.79 Å². The van der Waals surface area contributed by atoms with Gasteiger partial charge in [-0.2, -0.15) is 0 Å². The quantitative estimate of drug-likeness (QED) is 0.749. The van der Waals surface area contributed by atoms with E-state index in [4.69, 9.17) is 5.73 Å². The molecule has 1 amide bonds. The molecule has 0 saturated carbocycles. The number of rotatable bonds is 1. The number of carbonyl (C=O) groups is 1. The fourth-order valence-corrected chi connectivity index (χ4v) is 2.01. The molecule has 3 N–H and O–H groups in total. The molecule has 0 spiro atoms. The average molecular weight is 221 g/mol. The van der Waals surface area contributed by atoms with Gasteiger partial charge in [-0.1, -0.05) is 13.8 Å². The minimum Gasteiger partial charge on any atom is -0.367 e. The lowest BCUT2D eigenvalue weighted by Crippen LogP contribution is -2.54. The number of piperidine rings is 1. The lowest BCUT2D eigenvalue weighted by molar-refractivity contribution is 0.0575.